The maximum Gasteiger partial charge on any atom is 0.0955 e. The first-order chi connectivity index (χ1) is 29.5. The van der Waals surface area contributed by atoms with Gasteiger partial charge in [0.2, 0.25) is 0 Å². The zero-order chi connectivity index (χ0) is 42.1. The van der Waals surface area contributed by atoms with Crippen molar-refractivity contribution in [2.75, 3.05) is 0 Å². The molecular formula is C51H44B6N4. The summed E-state index contributed by atoms with van der Waals surface area (Å²) in [5.74, 6) is 0. The van der Waals surface area contributed by atoms with Gasteiger partial charge in [-0.2, -0.15) is 5.10 Å². The molecule has 3 heterocycles. The summed E-state index contributed by atoms with van der Waals surface area (Å²) in [7, 11) is 13.3. The minimum absolute atomic E-state index is 0.0585. The molecule has 4 nitrogen and oxygen atoms in total. The van der Waals surface area contributed by atoms with Crippen molar-refractivity contribution in [3.8, 4) is 89.3 Å². The van der Waals surface area contributed by atoms with Crippen LogP contribution in [0.4, 0.5) is 0 Å². The summed E-state index contributed by atoms with van der Waals surface area (Å²) in [6.45, 7) is 0. The number of H-pyrrole nitrogens is 1. The van der Waals surface area contributed by atoms with Crippen molar-refractivity contribution in [2.45, 2.75) is 10.2 Å². The number of aromatic amines is 1. The molecule has 0 aliphatic heterocycles. The molecule has 10 heteroatoms. The largest absolute Gasteiger partial charge is 0.285 e. The first kappa shape index (κ1) is 39.7. The number of aromatic nitrogens is 4. The lowest BCUT2D eigenvalue weighted by molar-refractivity contribution is 1.09. The number of rotatable bonds is 10. The van der Waals surface area contributed by atoms with Crippen LogP contribution in [-0.2, 0) is 10.2 Å². The van der Waals surface area contributed by atoms with Crippen molar-refractivity contribution in [1.29, 1.82) is 0 Å². The smallest absolute Gasteiger partial charge is 0.0955 e. The quantitative estimate of drug-likeness (QED) is 0.160. The van der Waals surface area contributed by atoms with Crippen molar-refractivity contribution >= 4 is 47.1 Å². The predicted molar refractivity (Wildman–Crippen MR) is 272 cm³/mol. The van der Waals surface area contributed by atoms with Crippen molar-refractivity contribution in [1.82, 2.24) is 20.2 Å². The number of benzene rings is 6. The van der Waals surface area contributed by atoms with E-state index in [0.717, 1.165) is 67.0 Å². The minimum atomic E-state index is 0.0585. The second-order valence-electron chi connectivity index (χ2n) is 17.9. The van der Waals surface area contributed by atoms with Crippen LogP contribution in [0, 0.1) is 0 Å². The molecular weight excluding hydrogens is 733 g/mol. The van der Waals surface area contributed by atoms with Crippen LogP contribution in [0.15, 0.2) is 189 Å². The lowest BCUT2D eigenvalue weighted by atomic mass is 9.40. The second kappa shape index (κ2) is 16.3. The zero-order valence-corrected chi connectivity index (χ0v) is 35.7. The van der Waals surface area contributed by atoms with Gasteiger partial charge in [0.25, 0.3) is 0 Å². The maximum atomic E-state index is 4.83. The topological polar surface area (TPSA) is 54.5 Å². The highest BCUT2D eigenvalue weighted by Crippen LogP contribution is 2.42. The highest BCUT2D eigenvalue weighted by atomic mass is 15.1. The summed E-state index contributed by atoms with van der Waals surface area (Å²) in [5.41, 5.74) is 20.3. The summed E-state index contributed by atoms with van der Waals surface area (Å²) in [6.07, 6.45) is 7.87. The molecule has 0 atom stereocenters. The van der Waals surface area contributed by atoms with Crippen molar-refractivity contribution < 1.29 is 0 Å². The molecule has 9 rings (SSSR count). The molecule has 0 fully saturated rings. The van der Waals surface area contributed by atoms with Crippen LogP contribution in [0.3, 0.4) is 0 Å². The molecule has 0 unspecified atom stereocenters. The van der Waals surface area contributed by atoms with E-state index in [1.165, 1.54) is 33.4 Å². The van der Waals surface area contributed by atoms with E-state index < -0.39 is 0 Å². The molecule has 0 radical (unpaired) electrons. The Morgan fingerprint density at radius 2 is 0.656 bits per heavy atom. The molecule has 0 spiro atoms. The molecule has 0 saturated carbocycles. The zero-order valence-electron chi connectivity index (χ0n) is 35.7. The van der Waals surface area contributed by atoms with Crippen LogP contribution in [0.1, 0.15) is 11.1 Å². The number of hydrogen-bond acceptors (Lipinski definition) is 3. The summed E-state index contributed by atoms with van der Waals surface area (Å²) in [4.78, 5) is 9.67. The number of nitrogens with one attached hydrogen (secondary N) is 1. The Kier molecular flexibility index (Phi) is 10.6. The van der Waals surface area contributed by atoms with Crippen LogP contribution in [0.25, 0.3) is 89.3 Å². The molecule has 61 heavy (non-hydrogen) atoms. The van der Waals surface area contributed by atoms with E-state index in [0.29, 0.717) is 0 Å². The van der Waals surface area contributed by atoms with Gasteiger partial charge in [0.1, 0.15) is 0 Å². The molecule has 0 amide bonds. The number of nitrogens with zero attached hydrogens (tertiary/aromatic N) is 3. The molecule has 0 aliphatic rings. The van der Waals surface area contributed by atoms with Gasteiger partial charge in [-0.25, -0.2) is 0 Å². The molecule has 0 aliphatic carbocycles. The fourth-order valence-electron chi connectivity index (χ4n) is 8.11. The Hall–Kier alpha value is -6.78. The van der Waals surface area contributed by atoms with E-state index in [-0.39, 0.29) is 10.2 Å². The molecule has 0 saturated heterocycles. The van der Waals surface area contributed by atoms with Crippen LogP contribution >= 0.6 is 0 Å². The minimum Gasteiger partial charge on any atom is -0.285 e. The maximum absolute atomic E-state index is 4.83. The van der Waals surface area contributed by atoms with E-state index in [9.17, 15) is 0 Å². The average molecular weight is 778 g/mol. The Bertz CT molecular complexity index is 2790. The molecule has 0 bridgehead atoms. The molecule has 1 N–H and O–H groups in total. The van der Waals surface area contributed by atoms with Crippen LogP contribution in [0.2, 0.25) is 0 Å². The fourth-order valence-corrected chi connectivity index (χ4v) is 8.11. The van der Waals surface area contributed by atoms with Crippen LogP contribution in [0.5, 0.6) is 0 Å². The third-order valence-corrected chi connectivity index (χ3v) is 11.7. The predicted octanol–water partition coefficient (Wildman–Crippen LogP) is 6.55. The first-order valence-electron chi connectivity index (χ1n) is 21.1. The van der Waals surface area contributed by atoms with Gasteiger partial charge in [-0.15, -0.1) is 0 Å². The Balaban J connectivity index is 1.14. The highest BCUT2D eigenvalue weighted by molar-refractivity contribution is 6.59. The number of pyridine rings is 2. The van der Waals surface area contributed by atoms with E-state index in [4.69, 9.17) is 9.97 Å². The van der Waals surface area contributed by atoms with E-state index in [1.54, 1.807) is 0 Å². The summed E-state index contributed by atoms with van der Waals surface area (Å²) < 4.78 is 0. The molecule has 3 aromatic heterocycles. The highest BCUT2D eigenvalue weighted by Gasteiger charge is 2.18. The summed E-state index contributed by atoms with van der Waals surface area (Å²) >= 11 is 0. The fraction of sp³-hybridized carbons (Fsp3) is 0.0392. The van der Waals surface area contributed by atoms with Crippen LogP contribution in [-0.4, -0.2) is 67.2 Å². The van der Waals surface area contributed by atoms with Crippen molar-refractivity contribution in [3.63, 3.8) is 0 Å². The molecule has 6 aromatic carbocycles. The van der Waals surface area contributed by atoms with E-state index in [1.807, 2.05) is 24.8 Å². The summed E-state index contributed by atoms with van der Waals surface area (Å²) in [5, 5.41) is 7.44. The van der Waals surface area contributed by atoms with Gasteiger partial charge in [-0.3, -0.25) is 15.1 Å². The van der Waals surface area contributed by atoms with E-state index >= 15 is 0 Å². The standard InChI is InChI=1S/C51H44B6N4/c52-50(53,54)40-21-23-48(58-30-40)34-17-13-32(14-18-34)42-7-1-3-9-44(42)36-25-37(27-38(26-36)46-11-5-6-12-47(46)39-28-60-61-29-39)45-10-4-2-8-43(45)33-15-19-35(20-16-33)49-24-22-41(31-59-49)51(55,56)57/h1-31H,52-57H2,(H,60,61). The third kappa shape index (κ3) is 8.36. The Labute approximate surface area is 364 Å². The lowest BCUT2D eigenvalue weighted by Gasteiger charge is -2.18. The SMILES string of the molecule is BC(B)(B)c1ccc(-c2ccc(-c3ccccc3-c3cc(-c4ccccc4-c4ccc(-c5ccc(C(B)(B)B)cn5)cc4)cc(-c4ccccc4-c4cn[nH]c4)c3)cc2)nc1. The Morgan fingerprint density at radius 1 is 0.328 bits per heavy atom. The van der Waals surface area contributed by atoms with E-state index in [2.05, 4.69) is 221 Å². The monoisotopic (exact) mass is 778 g/mol. The third-order valence-electron chi connectivity index (χ3n) is 11.7. The van der Waals surface area contributed by atoms with Gasteiger partial charge in [0.05, 0.1) is 64.7 Å². The average Bonchev–Trinajstić information content (AvgIpc) is 3.84. The van der Waals surface area contributed by atoms with Gasteiger partial charge in [-0.05, 0) is 103 Å². The van der Waals surface area contributed by atoms with Crippen molar-refractivity contribution in [3.05, 3.63) is 200 Å². The van der Waals surface area contributed by atoms with Gasteiger partial charge in [-0.1, -0.05) is 144 Å². The molecule has 9 aromatic rings. The van der Waals surface area contributed by atoms with Gasteiger partial charge >= 0.3 is 0 Å². The second-order valence-corrected chi connectivity index (χ2v) is 17.9. The van der Waals surface area contributed by atoms with Gasteiger partial charge in [0.15, 0.2) is 0 Å². The van der Waals surface area contributed by atoms with Gasteiger partial charge in [0, 0.05) is 35.3 Å². The first-order valence-corrected chi connectivity index (χ1v) is 21.1. The van der Waals surface area contributed by atoms with Gasteiger partial charge < -0.3 is 0 Å². The lowest BCUT2D eigenvalue weighted by Crippen LogP contribution is -2.27. The van der Waals surface area contributed by atoms with Crippen molar-refractivity contribution in [2.24, 2.45) is 0 Å². The van der Waals surface area contributed by atoms with Crippen LogP contribution < -0.4 is 0 Å². The molecule has 286 valence electrons. The summed E-state index contributed by atoms with van der Waals surface area (Å²) in [6, 6.07) is 59.4. The Morgan fingerprint density at radius 3 is 0.951 bits per heavy atom. The normalized spacial score (nSPS) is 11.7. The number of hydrogen-bond donors (Lipinski definition) is 1.